The van der Waals surface area contributed by atoms with Gasteiger partial charge in [0.15, 0.2) is 0 Å². The minimum Gasteiger partial charge on any atom is -0.497 e. The second kappa shape index (κ2) is 8.27. The number of nitrogens with zero attached hydrogens (tertiary/aromatic N) is 1. The number of rotatable bonds is 6. The van der Waals surface area contributed by atoms with Gasteiger partial charge in [0.1, 0.15) is 11.5 Å². The molecule has 0 bridgehead atoms. The van der Waals surface area contributed by atoms with Crippen molar-refractivity contribution in [3.8, 4) is 5.75 Å². The first-order chi connectivity index (χ1) is 13.7. The van der Waals surface area contributed by atoms with Crippen molar-refractivity contribution in [2.24, 2.45) is 0 Å². The molecule has 1 aromatic carbocycles. The summed E-state index contributed by atoms with van der Waals surface area (Å²) in [6, 6.07) is 11.0. The minimum absolute atomic E-state index is 0.00344. The highest BCUT2D eigenvalue weighted by atomic mass is 32.2. The summed E-state index contributed by atoms with van der Waals surface area (Å²) in [5, 5.41) is 0. The zero-order chi connectivity index (χ0) is 19.5. The van der Waals surface area contributed by atoms with Gasteiger partial charge < -0.3 is 9.15 Å². The molecule has 0 radical (unpaired) electrons. The number of thioether (sulfide) groups is 1. The van der Waals surface area contributed by atoms with Crippen molar-refractivity contribution >= 4 is 29.1 Å². The van der Waals surface area contributed by atoms with E-state index in [9.17, 15) is 9.59 Å². The maximum absolute atomic E-state index is 13.3. The van der Waals surface area contributed by atoms with Crippen LogP contribution in [0.2, 0.25) is 0 Å². The van der Waals surface area contributed by atoms with E-state index in [4.69, 9.17) is 9.15 Å². The van der Waals surface area contributed by atoms with Crippen LogP contribution in [0.3, 0.4) is 0 Å². The van der Waals surface area contributed by atoms with Crippen LogP contribution in [0.5, 0.6) is 5.75 Å². The van der Waals surface area contributed by atoms with Crippen LogP contribution in [0.4, 0.5) is 0 Å². The van der Waals surface area contributed by atoms with Gasteiger partial charge in [-0.3, -0.25) is 14.5 Å². The number of imide groups is 1. The third-order valence-electron chi connectivity index (χ3n) is 5.33. The molecule has 1 fully saturated rings. The van der Waals surface area contributed by atoms with Gasteiger partial charge in [-0.15, -0.1) is 11.8 Å². The Bertz CT molecular complexity index is 880. The Hall–Kier alpha value is -2.47. The molecule has 146 valence electrons. The van der Waals surface area contributed by atoms with E-state index in [1.165, 1.54) is 23.1 Å². The molecular formula is C22H23NO4S. The molecule has 2 aromatic rings. The number of amides is 2. The SMILES string of the molecule is COc1ccc(C2=C(SCc3ccco3)C(=O)N(C3CCCCC3)C2=O)cc1. The fourth-order valence-corrected chi connectivity index (χ4v) is 4.90. The van der Waals surface area contributed by atoms with E-state index in [0.717, 1.165) is 42.8 Å². The van der Waals surface area contributed by atoms with Crippen molar-refractivity contribution in [2.45, 2.75) is 43.9 Å². The number of benzene rings is 1. The summed E-state index contributed by atoms with van der Waals surface area (Å²) < 4.78 is 10.6. The van der Waals surface area contributed by atoms with Gasteiger partial charge in [0.2, 0.25) is 0 Å². The van der Waals surface area contributed by atoms with E-state index < -0.39 is 0 Å². The van der Waals surface area contributed by atoms with Gasteiger partial charge >= 0.3 is 0 Å². The molecule has 0 spiro atoms. The Kier molecular flexibility index (Phi) is 5.57. The fraction of sp³-hybridized carbons (Fsp3) is 0.364. The summed E-state index contributed by atoms with van der Waals surface area (Å²) in [6.07, 6.45) is 6.70. The number of furan rings is 1. The summed E-state index contributed by atoms with van der Waals surface area (Å²) >= 11 is 1.38. The predicted octanol–water partition coefficient (Wildman–Crippen LogP) is 4.63. The highest BCUT2D eigenvalue weighted by Crippen LogP contribution is 2.40. The summed E-state index contributed by atoms with van der Waals surface area (Å²) in [4.78, 5) is 28.6. The van der Waals surface area contributed by atoms with Crippen LogP contribution in [-0.4, -0.2) is 29.9 Å². The first-order valence-electron chi connectivity index (χ1n) is 9.61. The summed E-state index contributed by atoms with van der Waals surface area (Å²) in [7, 11) is 1.61. The molecule has 0 atom stereocenters. The van der Waals surface area contributed by atoms with E-state index in [1.54, 1.807) is 13.4 Å². The van der Waals surface area contributed by atoms with Crippen LogP contribution in [0.25, 0.3) is 5.57 Å². The van der Waals surface area contributed by atoms with E-state index in [2.05, 4.69) is 0 Å². The van der Waals surface area contributed by atoms with Gasteiger partial charge in [0, 0.05) is 6.04 Å². The zero-order valence-electron chi connectivity index (χ0n) is 15.8. The standard InChI is InChI=1S/C22H23NO4S/c1-26-17-11-9-15(10-12-17)19-20(28-14-18-8-5-13-27-18)22(25)23(21(19)24)16-6-3-2-4-7-16/h5,8-13,16H,2-4,6-7,14H2,1H3. The summed E-state index contributed by atoms with van der Waals surface area (Å²) in [5.74, 6) is 1.67. The van der Waals surface area contributed by atoms with Gasteiger partial charge in [-0.2, -0.15) is 0 Å². The van der Waals surface area contributed by atoms with E-state index in [0.29, 0.717) is 16.2 Å². The third-order valence-corrected chi connectivity index (χ3v) is 6.43. The molecule has 0 unspecified atom stereocenters. The highest BCUT2D eigenvalue weighted by molar-refractivity contribution is 8.03. The Morgan fingerprint density at radius 1 is 1.07 bits per heavy atom. The minimum atomic E-state index is -0.177. The van der Waals surface area contributed by atoms with Crippen molar-refractivity contribution < 1.29 is 18.7 Å². The van der Waals surface area contributed by atoms with Gasteiger partial charge in [0.25, 0.3) is 11.8 Å². The normalized spacial score (nSPS) is 18.2. The third kappa shape index (κ3) is 3.61. The fourth-order valence-electron chi connectivity index (χ4n) is 3.88. The number of methoxy groups -OCH3 is 1. The van der Waals surface area contributed by atoms with Gasteiger partial charge in [-0.1, -0.05) is 31.4 Å². The highest BCUT2D eigenvalue weighted by Gasteiger charge is 2.43. The molecule has 6 heteroatoms. The largest absolute Gasteiger partial charge is 0.497 e. The summed E-state index contributed by atoms with van der Waals surface area (Å²) in [6.45, 7) is 0. The van der Waals surface area contributed by atoms with Crippen LogP contribution < -0.4 is 4.74 Å². The number of carbonyl (C=O) groups is 2. The first kappa shape index (κ1) is 18.9. The van der Waals surface area contributed by atoms with E-state index >= 15 is 0 Å². The Morgan fingerprint density at radius 3 is 2.46 bits per heavy atom. The van der Waals surface area contributed by atoms with Crippen molar-refractivity contribution in [1.29, 1.82) is 0 Å². The molecule has 0 N–H and O–H groups in total. The molecule has 2 heterocycles. The van der Waals surface area contributed by atoms with Crippen LogP contribution in [-0.2, 0) is 15.3 Å². The number of hydrogen-bond donors (Lipinski definition) is 0. The lowest BCUT2D eigenvalue weighted by Crippen LogP contribution is -2.42. The Balaban J connectivity index is 1.67. The van der Waals surface area contributed by atoms with Crippen molar-refractivity contribution in [3.63, 3.8) is 0 Å². The van der Waals surface area contributed by atoms with E-state index in [-0.39, 0.29) is 17.9 Å². The maximum Gasteiger partial charge on any atom is 0.268 e. The first-order valence-corrected chi connectivity index (χ1v) is 10.6. The topological polar surface area (TPSA) is 59.8 Å². The summed E-state index contributed by atoms with van der Waals surface area (Å²) in [5.41, 5.74) is 1.24. The predicted molar refractivity (Wildman–Crippen MR) is 109 cm³/mol. The monoisotopic (exact) mass is 397 g/mol. The lowest BCUT2D eigenvalue weighted by molar-refractivity contribution is -0.139. The lowest BCUT2D eigenvalue weighted by atomic mass is 9.94. The van der Waals surface area contributed by atoms with Crippen LogP contribution in [0, 0.1) is 0 Å². The van der Waals surface area contributed by atoms with Crippen molar-refractivity contribution in [3.05, 3.63) is 58.9 Å². The smallest absolute Gasteiger partial charge is 0.268 e. The van der Waals surface area contributed by atoms with Gasteiger partial charge in [-0.25, -0.2) is 0 Å². The molecule has 1 aliphatic carbocycles. The molecule has 2 aliphatic rings. The molecule has 0 saturated heterocycles. The van der Waals surface area contributed by atoms with Crippen LogP contribution >= 0.6 is 11.8 Å². The lowest BCUT2D eigenvalue weighted by Gasteiger charge is -2.29. The molecular weight excluding hydrogens is 374 g/mol. The average Bonchev–Trinajstić information content (AvgIpc) is 3.33. The molecule has 5 nitrogen and oxygen atoms in total. The Morgan fingerprint density at radius 2 is 1.82 bits per heavy atom. The van der Waals surface area contributed by atoms with Crippen molar-refractivity contribution in [1.82, 2.24) is 4.90 Å². The van der Waals surface area contributed by atoms with Gasteiger partial charge in [0.05, 0.1) is 29.6 Å². The Labute approximate surface area is 168 Å². The van der Waals surface area contributed by atoms with Crippen LogP contribution in [0.1, 0.15) is 43.4 Å². The molecule has 1 aliphatic heterocycles. The molecule has 1 aromatic heterocycles. The molecule has 2 amide bonds. The second-order valence-corrected chi connectivity index (χ2v) is 8.06. The molecule has 28 heavy (non-hydrogen) atoms. The quantitative estimate of drug-likeness (QED) is 0.665. The van der Waals surface area contributed by atoms with Gasteiger partial charge in [-0.05, 0) is 42.7 Å². The molecule has 1 saturated carbocycles. The van der Waals surface area contributed by atoms with Crippen molar-refractivity contribution in [2.75, 3.05) is 7.11 Å². The zero-order valence-corrected chi connectivity index (χ0v) is 16.7. The number of ether oxygens (including phenoxy) is 1. The molecule has 4 rings (SSSR count). The maximum atomic E-state index is 13.3. The van der Waals surface area contributed by atoms with Crippen LogP contribution in [0.15, 0.2) is 52.0 Å². The van der Waals surface area contributed by atoms with E-state index in [1.807, 2.05) is 36.4 Å². The number of carbonyl (C=O) groups excluding carboxylic acids is 2. The number of hydrogen-bond acceptors (Lipinski definition) is 5. The average molecular weight is 397 g/mol. The second-order valence-electron chi connectivity index (χ2n) is 7.07.